The van der Waals surface area contributed by atoms with Crippen molar-refractivity contribution in [3.63, 3.8) is 0 Å². The van der Waals surface area contributed by atoms with E-state index in [9.17, 15) is 9.59 Å². The number of hydrogen-bond acceptors (Lipinski definition) is 6. The lowest BCUT2D eigenvalue weighted by molar-refractivity contribution is -0.126. The molecule has 1 aromatic rings. The van der Waals surface area contributed by atoms with E-state index < -0.39 is 0 Å². The van der Waals surface area contributed by atoms with Gasteiger partial charge in [-0.2, -0.15) is 0 Å². The van der Waals surface area contributed by atoms with E-state index in [0.717, 1.165) is 71.6 Å². The minimum Gasteiger partial charge on any atom is -0.494 e. The van der Waals surface area contributed by atoms with E-state index in [4.69, 9.17) is 14.2 Å². The Morgan fingerprint density at radius 2 is 1.81 bits per heavy atom. The van der Waals surface area contributed by atoms with Crippen LogP contribution in [0.25, 0.3) is 0 Å². The molecule has 2 fully saturated rings. The number of rotatable bonds is 10. The van der Waals surface area contributed by atoms with E-state index in [-0.39, 0.29) is 11.7 Å². The van der Waals surface area contributed by atoms with Crippen molar-refractivity contribution in [2.24, 2.45) is 0 Å². The molecule has 0 bridgehead atoms. The molecule has 0 atom stereocenters. The topological polar surface area (TPSA) is 68.3 Å². The molecule has 1 amide bonds. The number of hydrogen-bond donors (Lipinski definition) is 0. The van der Waals surface area contributed by atoms with Gasteiger partial charge in [-0.25, -0.2) is 0 Å². The van der Waals surface area contributed by atoms with Crippen LogP contribution in [0.15, 0.2) is 30.4 Å². The summed E-state index contributed by atoms with van der Waals surface area (Å²) in [7, 11) is 0. The summed E-state index contributed by atoms with van der Waals surface area (Å²) >= 11 is 0. The molecule has 31 heavy (non-hydrogen) atoms. The van der Waals surface area contributed by atoms with Gasteiger partial charge in [0.25, 0.3) is 0 Å². The number of ketones is 1. The number of piperidine rings is 1. The Morgan fingerprint density at radius 1 is 1.03 bits per heavy atom. The number of nitrogens with zero attached hydrogens (tertiary/aromatic N) is 2. The Balaban J connectivity index is 1.60. The third kappa shape index (κ3) is 7.36. The summed E-state index contributed by atoms with van der Waals surface area (Å²) in [4.78, 5) is 29.3. The Hall–Kier alpha value is -2.38. The summed E-state index contributed by atoms with van der Waals surface area (Å²) in [5.74, 6) is 0.812. The molecule has 0 aromatic heterocycles. The minimum absolute atomic E-state index is 0.105. The van der Waals surface area contributed by atoms with Gasteiger partial charge in [0.1, 0.15) is 11.5 Å². The number of allylic oxidation sites excluding steroid dienone is 1. The average molecular weight is 431 g/mol. The molecule has 2 heterocycles. The van der Waals surface area contributed by atoms with Crippen LogP contribution in [-0.2, 0) is 9.53 Å². The molecule has 0 spiro atoms. The number of likely N-dealkylation sites (tertiary alicyclic amines) is 1. The molecule has 7 nitrogen and oxygen atoms in total. The third-order valence-electron chi connectivity index (χ3n) is 5.55. The zero-order valence-electron chi connectivity index (χ0n) is 18.5. The van der Waals surface area contributed by atoms with Crippen LogP contribution in [0.3, 0.4) is 0 Å². The van der Waals surface area contributed by atoms with Gasteiger partial charge in [-0.05, 0) is 50.8 Å². The Morgan fingerprint density at radius 3 is 2.55 bits per heavy atom. The van der Waals surface area contributed by atoms with Crippen molar-refractivity contribution < 1.29 is 23.8 Å². The molecule has 2 aliphatic rings. The van der Waals surface area contributed by atoms with Crippen LogP contribution in [0.4, 0.5) is 0 Å². The van der Waals surface area contributed by atoms with Gasteiger partial charge >= 0.3 is 0 Å². The van der Waals surface area contributed by atoms with Crippen molar-refractivity contribution >= 4 is 11.7 Å². The third-order valence-corrected chi connectivity index (χ3v) is 5.55. The van der Waals surface area contributed by atoms with Crippen LogP contribution in [0.5, 0.6) is 11.5 Å². The van der Waals surface area contributed by atoms with Gasteiger partial charge in [-0.15, -0.1) is 0 Å². The molecule has 2 aliphatic heterocycles. The first-order valence-electron chi connectivity index (χ1n) is 11.4. The number of carbonyl (C=O) groups excluding carboxylic acids is 2. The number of benzene rings is 1. The maximum Gasteiger partial charge on any atom is 0.246 e. The molecule has 170 valence electrons. The van der Waals surface area contributed by atoms with Gasteiger partial charge in [0, 0.05) is 44.9 Å². The summed E-state index contributed by atoms with van der Waals surface area (Å²) in [6, 6.07) is 5.23. The fourth-order valence-electron chi connectivity index (χ4n) is 3.83. The van der Waals surface area contributed by atoms with E-state index in [2.05, 4.69) is 4.90 Å². The monoisotopic (exact) mass is 430 g/mol. The van der Waals surface area contributed by atoms with Crippen LogP contribution in [0, 0.1) is 0 Å². The standard InChI is InChI=1S/C24H34N2O5/c1-2-30-20-7-8-21(22(27)9-10-24(28)26-12-4-3-5-13-26)23(19-20)31-16-6-11-25-14-17-29-18-15-25/h7-10,19H,2-6,11-18H2,1H3. The fraction of sp³-hybridized carbons (Fsp3) is 0.583. The van der Waals surface area contributed by atoms with E-state index in [0.29, 0.717) is 30.3 Å². The maximum atomic E-state index is 12.8. The van der Waals surface area contributed by atoms with Crippen LogP contribution >= 0.6 is 0 Å². The second-order valence-corrected chi connectivity index (χ2v) is 7.83. The van der Waals surface area contributed by atoms with Crippen LogP contribution in [0.1, 0.15) is 43.0 Å². The molecule has 0 saturated carbocycles. The van der Waals surface area contributed by atoms with Crippen molar-refractivity contribution in [1.29, 1.82) is 0 Å². The zero-order chi connectivity index (χ0) is 21.9. The van der Waals surface area contributed by atoms with Gasteiger partial charge in [-0.3, -0.25) is 14.5 Å². The van der Waals surface area contributed by atoms with E-state index >= 15 is 0 Å². The SMILES string of the molecule is CCOc1ccc(C(=O)C=CC(=O)N2CCCCC2)c(OCCCN2CCOCC2)c1. The smallest absolute Gasteiger partial charge is 0.246 e. The highest BCUT2D eigenvalue weighted by Gasteiger charge is 2.16. The van der Waals surface area contributed by atoms with Gasteiger partial charge in [0.15, 0.2) is 5.78 Å². The van der Waals surface area contributed by atoms with Gasteiger partial charge in [0.05, 0.1) is 32.0 Å². The lowest BCUT2D eigenvalue weighted by atomic mass is 10.1. The molecule has 7 heteroatoms. The van der Waals surface area contributed by atoms with Crippen molar-refractivity contribution in [3.05, 3.63) is 35.9 Å². The fourth-order valence-corrected chi connectivity index (χ4v) is 3.83. The second kappa shape index (κ2) is 12.5. The summed E-state index contributed by atoms with van der Waals surface area (Å²) in [6.45, 7) is 8.85. The Bertz CT molecular complexity index is 752. The Labute approximate surface area is 184 Å². The van der Waals surface area contributed by atoms with Crippen LogP contribution in [0.2, 0.25) is 0 Å². The lowest BCUT2D eigenvalue weighted by Gasteiger charge is -2.26. The van der Waals surface area contributed by atoms with Crippen molar-refractivity contribution in [1.82, 2.24) is 9.80 Å². The Kier molecular flexibility index (Phi) is 9.37. The lowest BCUT2D eigenvalue weighted by Crippen LogP contribution is -2.37. The summed E-state index contributed by atoms with van der Waals surface area (Å²) in [5.41, 5.74) is 0.442. The quantitative estimate of drug-likeness (QED) is 0.323. The predicted octanol–water partition coefficient (Wildman–Crippen LogP) is 2.94. The number of carbonyl (C=O) groups is 2. The van der Waals surface area contributed by atoms with Gasteiger partial charge < -0.3 is 19.1 Å². The molecule has 0 radical (unpaired) electrons. The van der Waals surface area contributed by atoms with E-state index in [1.807, 2.05) is 6.92 Å². The number of ether oxygens (including phenoxy) is 3. The summed E-state index contributed by atoms with van der Waals surface area (Å²) in [6.07, 6.45) is 6.80. The molecule has 3 rings (SSSR count). The number of morpholine rings is 1. The molecule has 0 aliphatic carbocycles. The highest BCUT2D eigenvalue weighted by atomic mass is 16.5. The summed E-state index contributed by atoms with van der Waals surface area (Å²) < 4.78 is 16.9. The largest absolute Gasteiger partial charge is 0.494 e. The van der Waals surface area contributed by atoms with Crippen molar-refractivity contribution in [2.75, 3.05) is 59.2 Å². The predicted molar refractivity (Wildman–Crippen MR) is 119 cm³/mol. The molecule has 0 unspecified atom stereocenters. The van der Waals surface area contributed by atoms with Crippen molar-refractivity contribution in [3.8, 4) is 11.5 Å². The first-order valence-corrected chi connectivity index (χ1v) is 11.4. The normalized spacial score (nSPS) is 17.6. The molecule has 2 saturated heterocycles. The molecular formula is C24H34N2O5. The highest BCUT2D eigenvalue weighted by molar-refractivity contribution is 6.09. The summed E-state index contributed by atoms with van der Waals surface area (Å²) in [5, 5.41) is 0. The molecule has 1 aromatic carbocycles. The maximum absolute atomic E-state index is 12.8. The first kappa shape index (κ1) is 23.3. The van der Waals surface area contributed by atoms with Crippen LogP contribution in [-0.4, -0.2) is 80.6 Å². The zero-order valence-corrected chi connectivity index (χ0v) is 18.5. The van der Waals surface area contributed by atoms with Gasteiger partial charge in [0.2, 0.25) is 5.91 Å². The van der Waals surface area contributed by atoms with Crippen LogP contribution < -0.4 is 9.47 Å². The van der Waals surface area contributed by atoms with Crippen molar-refractivity contribution in [2.45, 2.75) is 32.6 Å². The second-order valence-electron chi connectivity index (χ2n) is 7.83. The minimum atomic E-state index is -0.239. The first-order chi connectivity index (χ1) is 15.2. The average Bonchev–Trinajstić information content (AvgIpc) is 2.81. The molecular weight excluding hydrogens is 396 g/mol. The highest BCUT2D eigenvalue weighted by Crippen LogP contribution is 2.26. The molecule has 0 N–H and O–H groups in total. The van der Waals surface area contributed by atoms with Gasteiger partial charge in [-0.1, -0.05) is 0 Å². The van der Waals surface area contributed by atoms with E-state index in [1.54, 1.807) is 23.1 Å². The number of amides is 1. The van der Waals surface area contributed by atoms with E-state index in [1.165, 1.54) is 12.2 Å².